The Morgan fingerprint density at radius 2 is 1.76 bits per heavy atom. The number of nitrogens with zero attached hydrogens (tertiary/aromatic N) is 1. The smallest absolute Gasteiger partial charge is 0.337 e. The molecule has 0 bridgehead atoms. The average Bonchev–Trinajstić information content (AvgIpc) is 2.71. The Labute approximate surface area is 167 Å². The van der Waals surface area contributed by atoms with Crippen molar-refractivity contribution in [1.29, 1.82) is 0 Å². The molecule has 0 spiro atoms. The number of fused-ring (bicyclic) bond motifs is 1. The lowest BCUT2D eigenvalue weighted by Gasteiger charge is -2.16. The molecule has 0 fully saturated rings. The lowest BCUT2D eigenvalue weighted by molar-refractivity contribution is 0.0600. The molecular weight excluding hydrogens is 372 g/mol. The SMILES string of the molecule is COC(=O)c1ccc(NC(=O)c2c(O)c3ccccc3n(CC(C)C)c2=O)cc1. The molecule has 0 aliphatic rings. The van der Waals surface area contributed by atoms with Gasteiger partial charge >= 0.3 is 5.97 Å². The Morgan fingerprint density at radius 3 is 2.38 bits per heavy atom. The van der Waals surface area contributed by atoms with Gasteiger partial charge in [-0.1, -0.05) is 26.0 Å². The molecule has 2 N–H and O–H groups in total. The van der Waals surface area contributed by atoms with Gasteiger partial charge in [-0.2, -0.15) is 0 Å². The van der Waals surface area contributed by atoms with E-state index < -0.39 is 17.4 Å². The zero-order valence-corrected chi connectivity index (χ0v) is 16.4. The predicted octanol–water partition coefficient (Wildman–Crippen LogP) is 3.40. The third-order valence-electron chi connectivity index (χ3n) is 4.48. The molecule has 7 nitrogen and oxygen atoms in total. The third-order valence-corrected chi connectivity index (χ3v) is 4.48. The number of hydrogen-bond acceptors (Lipinski definition) is 5. The number of methoxy groups -OCH3 is 1. The van der Waals surface area contributed by atoms with Crippen LogP contribution in [0.25, 0.3) is 10.9 Å². The van der Waals surface area contributed by atoms with Gasteiger partial charge in [-0.3, -0.25) is 9.59 Å². The van der Waals surface area contributed by atoms with Gasteiger partial charge in [0.15, 0.2) is 0 Å². The Bertz CT molecular complexity index is 1130. The normalized spacial score (nSPS) is 10.9. The summed E-state index contributed by atoms with van der Waals surface area (Å²) in [6.45, 7) is 4.35. The molecule has 0 radical (unpaired) electrons. The van der Waals surface area contributed by atoms with Gasteiger partial charge in [-0.05, 0) is 42.3 Å². The molecule has 0 saturated heterocycles. The number of amides is 1. The number of carbonyl (C=O) groups is 2. The monoisotopic (exact) mass is 394 g/mol. The van der Waals surface area contributed by atoms with Crippen molar-refractivity contribution >= 4 is 28.5 Å². The molecule has 29 heavy (non-hydrogen) atoms. The van der Waals surface area contributed by atoms with E-state index in [2.05, 4.69) is 10.1 Å². The molecule has 150 valence electrons. The molecule has 3 aromatic rings. The van der Waals surface area contributed by atoms with Crippen LogP contribution in [0.5, 0.6) is 5.75 Å². The van der Waals surface area contributed by atoms with Gasteiger partial charge in [0.25, 0.3) is 11.5 Å². The van der Waals surface area contributed by atoms with Crippen molar-refractivity contribution in [1.82, 2.24) is 4.57 Å². The minimum Gasteiger partial charge on any atom is -0.506 e. The zero-order valence-electron chi connectivity index (χ0n) is 16.4. The van der Waals surface area contributed by atoms with Crippen molar-refractivity contribution in [3.05, 3.63) is 70.0 Å². The third kappa shape index (κ3) is 3.99. The van der Waals surface area contributed by atoms with Crippen LogP contribution < -0.4 is 10.9 Å². The number of anilines is 1. The zero-order chi connectivity index (χ0) is 21.1. The van der Waals surface area contributed by atoms with Crippen molar-refractivity contribution in [2.24, 2.45) is 5.92 Å². The Balaban J connectivity index is 2.03. The van der Waals surface area contributed by atoms with E-state index in [1.54, 1.807) is 24.3 Å². The lowest BCUT2D eigenvalue weighted by atomic mass is 10.1. The fraction of sp³-hybridized carbons (Fsp3) is 0.227. The first-order valence-electron chi connectivity index (χ1n) is 9.17. The second-order valence-electron chi connectivity index (χ2n) is 7.07. The van der Waals surface area contributed by atoms with Crippen LogP contribution in [0.4, 0.5) is 5.69 Å². The van der Waals surface area contributed by atoms with Crippen LogP contribution in [0.1, 0.15) is 34.6 Å². The van der Waals surface area contributed by atoms with Crippen molar-refractivity contribution in [3.8, 4) is 5.75 Å². The predicted molar refractivity (Wildman–Crippen MR) is 110 cm³/mol. The van der Waals surface area contributed by atoms with E-state index in [1.165, 1.54) is 35.9 Å². The number of benzene rings is 2. The summed E-state index contributed by atoms with van der Waals surface area (Å²) in [6, 6.07) is 13.0. The van der Waals surface area contributed by atoms with Crippen molar-refractivity contribution in [3.63, 3.8) is 0 Å². The Hall–Kier alpha value is -3.61. The molecule has 1 aromatic heterocycles. The molecule has 2 aromatic carbocycles. The van der Waals surface area contributed by atoms with Gasteiger partial charge in [0.1, 0.15) is 11.3 Å². The summed E-state index contributed by atoms with van der Waals surface area (Å²) in [5.41, 5.74) is 0.408. The van der Waals surface area contributed by atoms with Crippen LogP contribution >= 0.6 is 0 Å². The Kier molecular flexibility index (Phi) is 5.68. The van der Waals surface area contributed by atoms with Gasteiger partial charge in [0.2, 0.25) is 0 Å². The highest BCUT2D eigenvalue weighted by Gasteiger charge is 2.22. The molecule has 0 aliphatic carbocycles. The van der Waals surface area contributed by atoms with Gasteiger partial charge < -0.3 is 19.7 Å². The summed E-state index contributed by atoms with van der Waals surface area (Å²) in [6.07, 6.45) is 0. The summed E-state index contributed by atoms with van der Waals surface area (Å²) < 4.78 is 6.15. The van der Waals surface area contributed by atoms with E-state index in [4.69, 9.17) is 0 Å². The number of aromatic hydroxyl groups is 1. The van der Waals surface area contributed by atoms with Crippen LogP contribution in [-0.4, -0.2) is 28.7 Å². The number of carbonyl (C=O) groups excluding carboxylic acids is 2. The summed E-state index contributed by atoms with van der Waals surface area (Å²) in [4.78, 5) is 37.4. The quantitative estimate of drug-likeness (QED) is 0.647. The van der Waals surface area contributed by atoms with E-state index >= 15 is 0 Å². The number of hydrogen-bond donors (Lipinski definition) is 2. The molecule has 3 rings (SSSR count). The maximum Gasteiger partial charge on any atom is 0.337 e. The number of nitrogens with one attached hydrogen (secondary N) is 1. The maximum absolute atomic E-state index is 13.0. The molecule has 0 aliphatic heterocycles. The van der Waals surface area contributed by atoms with E-state index in [1.807, 2.05) is 13.8 Å². The van der Waals surface area contributed by atoms with Crippen LogP contribution in [0.2, 0.25) is 0 Å². The van der Waals surface area contributed by atoms with E-state index in [-0.39, 0.29) is 17.2 Å². The lowest BCUT2D eigenvalue weighted by Crippen LogP contribution is -2.31. The van der Waals surface area contributed by atoms with Crippen LogP contribution in [0, 0.1) is 5.92 Å². The fourth-order valence-electron chi connectivity index (χ4n) is 3.14. The number of esters is 1. The second kappa shape index (κ2) is 8.18. The summed E-state index contributed by atoms with van der Waals surface area (Å²) in [5, 5.41) is 13.7. The van der Waals surface area contributed by atoms with Gasteiger partial charge in [-0.15, -0.1) is 0 Å². The van der Waals surface area contributed by atoms with Gasteiger partial charge in [0, 0.05) is 17.6 Å². The van der Waals surface area contributed by atoms with Crippen molar-refractivity contribution < 1.29 is 19.4 Å². The number of aromatic nitrogens is 1. The highest BCUT2D eigenvalue weighted by Crippen LogP contribution is 2.27. The van der Waals surface area contributed by atoms with Gasteiger partial charge in [-0.25, -0.2) is 4.79 Å². The topological polar surface area (TPSA) is 97.6 Å². The minimum absolute atomic E-state index is 0.169. The molecule has 0 saturated carbocycles. The van der Waals surface area contributed by atoms with Crippen LogP contribution in [-0.2, 0) is 11.3 Å². The van der Waals surface area contributed by atoms with Crippen LogP contribution in [0.3, 0.4) is 0 Å². The van der Waals surface area contributed by atoms with Crippen molar-refractivity contribution in [2.75, 3.05) is 12.4 Å². The van der Waals surface area contributed by atoms with E-state index in [0.29, 0.717) is 28.7 Å². The number of pyridine rings is 1. The van der Waals surface area contributed by atoms with Crippen molar-refractivity contribution in [2.45, 2.75) is 20.4 Å². The fourth-order valence-corrected chi connectivity index (χ4v) is 3.14. The minimum atomic E-state index is -0.721. The molecule has 0 atom stereocenters. The first-order valence-corrected chi connectivity index (χ1v) is 9.17. The highest BCUT2D eigenvalue weighted by molar-refractivity contribution is 6.09. The standard InChI is InChI=1S/C22H22N2O5/c1-13(2)12-24-17-7-5-4-6-16(17)19(25)18(21(24)27)20(26)23-15-10-8-14(9-11-15)22(28)29-3/h4-11,13,25H,12H2,1-3H3,(H,23,26). The second-order valence-corrected chi connectivity index (χ2v) is 7.07. The molecule has 1 amide bonds. The number of rotatable bonds is 5. The summed E-state index contributed by atoms with van der Waals surface area (Å²) >= 11 is 0. The first-order chi connectivity index (χ1) is 13.8. The van der Waals surface area contributed by atoms with Crippen LogP contribution in [0.15, 0.2) is 53.3 Å². The highest BCUT2D eigenvalue weighted by atomic mass is 16.5. The summed E-state index contributed by atoms with van der Waals surface area (Å²) in [7, 11) is 1.28. The molecule has 1 heterocycles. The summed E-state index contributed by atoms with van der Waals surface area (Å²) in [5.74, 6) is -1.40. The van der Waals surface area contributed by atoms with E-state index in [0.717, 1.165) is 0 Å². The van der Waals surface area contributed by atoms with Gasteiger partial charge in [0.05, 0.1) is 18.2 Å². The number of ether oxygens (including phenoxy) is 1. The number of para-hydroxylation sites is 1. The van der Waals surface area contributed by atoms with E-state index in [9.17, 15) is 19.5 Å². The molecule has 0 unspecified atom stereocenters. The average molecular weight is 394 g/mol. The molecule has 7 heteroatoms. The largest absolute Gasteiger partial charge is 0.506 e. The Morgan fingerprint density at radius 1 is 1.10 bits per heavy atom. The first kappa shape index (κ1) is 20.1. The molecular formula is C22H22N2O5. The maximum atomic E-state index is 13.0.